The van der Waals surface area contributed by atoms with Crippen LogP contribution in [0.5, 0.6) is 5.75 Å². The van der Waals surface area contributed by atoms with Gasteiger partial charge < -0.3 is 15.8 Å². The average Bonchev–Trinajstić information content (AvgIpc) is 2.55. The Bertz CT molecular complexity index is 873. The molecule has 0 unspecified atom stereocenters. The highest BCUT2D eigenvalue weighted by Crippen LogP contribution is 2.37. The molecule has 5 heteroatoms. The van der Waals surface area contributed by atoms with Crippen LogP contribution in [-0.2, 0) is 0 Å². The predicted molar refractivity (Wildman–Crippen MR) is 99.4 cm³/mol. The van der Waals surface area contributed by atoms with Gasteiger partial charge in [-0.25, -0.2) is 9.97 Å². The number of aryl methyl sites for hydroxylation is 1. The highest BCUT2D eigenvalue weighted by molar-refractivity contribution is 6.06. The van der Waals surface area contributed by atoms with Crippen molar-refractivity contribution in [1.82, 2.24) is 9.97 Å². The van der Waals surface area contributed by atoms with Crippen molar-refractivity contribution in [2.24, 2.45) is 0 Å². The molecule has 2 aromatic carbocycles. The van der Waals surface area contributed by atoms with Crippen molar-refractivity contribution in [3.63, 3.8) is 0 Å². The van der Waals surface area contributed by atoms with E-state index in [-0.39, 0.29) is 6.10 Å². The van der Waals surface area contributed by atoms with Gasteiger partial charge in [-0.3, -0.25) is 0 Å². The third kappa shape index (κ3) is 2.97. The van der Waals surface area contributed by atoms with Crippen LogP contribution in [0.15, 0.2) is 36.4 Å². The van der Waals surface area contributed by atoms with Gasteiger partial charge in [0, 0.05) is 18.3 Å². The molecule has 3 aromatic rings. The molecular formula is C19H22N4O. The SMILES string of the molecule is CNc1nc(C)nc2ccc(N)c(-c3ccc(OC(C)C)cc3)c12. The van der Waals surface area contributed by atoms with E-state index in [2.05, 4.69) is 15.3 Å². The van der Waals surface area contributed by atoms with Crippen molar-refractivity contribution in [3.8, 4) is 16.9 Å². The lowest BCUT2D eigenvalue weighted by Crippen LogP contribution is -2.05. The van der Waals surface area contributed by atoms with Crippen LogP contribution in [0.2, 0.25) is 0 Å². The quantitative estimate of drug-likeness (QED) is 0.710. The van der Waals surface area contributed by atoms with Crippen LogP contribution in [0.4, 0.5) is 11.5 Å². The Kier molecular flexibility index (Phi) is 4.25. The van der Waals surface area contributed by atoms with Crippen molar-refractivity contribution >= 4 is 22.4 Å². The molecule has 0 saturated heterocycles. The normalized spacial score (nSPS) is 11.0. The Labute approximate surface area is 141 Å². The second-order valence-electron chi connectivity index (χ2n) is 5.98. The van der Waals surface area contributed by atoms with Gasteiger partial charge in [-0.1, -0.05) is 12.1 Å². The smallest absolute Gasteiger partial charge is 0.138 e. The van der Waals surface area contributed by atoms with Gasteiger partial charge in [0.05, 0.1) is 17.0 Å². The second-order valence-corrected chi connectivity index (χ2v) is 5.98. The first-order chi connectivity index (χ1) is 11.5. The monoisotopic (exact) mass is 322 g/mol. The number of nitrogen functional groups attached to an aromatic ring is 1. The summed E-state index contributed by atoms with van der Waals surface area (Å²) in [7, 11) is 1.85. The van der Waals surface area contributed by atoms with Crippen LogP contribution in [0.1, 0.15) is 19.7 Å². The standard InChI is InChI=1S/C19H22N4O/c1-11(2)24-14-7-5-13(6-8-14)17-15(20)9-10-16-18(17)19(21-4)23-12(3)22-16/h5-11H,20H2,1-4H3,(H,21,22,23). The van der Waals surface area contributed by atoms with E-state index in [4.69, 9.17) is 10.5 Å². The van der Waals surface area contributed by atoms with Crippen molar-refractivity contribution in [2.75, 3.05) is 18.1 Å². The average molecular weight is 322 g/mol. The van der Waals surface area contributed by atoms with Crippen LogP contribution in [0.25, 0.3) is 22.0 Å². The number of aromatic nitrogens is 2. The minimum Gasteiger partial charge on any atom is -0.491 e. The maximum atomic E-state index is 6.28. The fourth-order valence-electron chi connectivity index (χ4n) is 2.82. The summed E-state index contributed by atoms with van der Waals surface area (Å²) in [6.07, 6.45) is 0.144. The highest BCUT2D eigenvalue weighted by atomic mass is 16.5. The summed E-state index contributed by atoms with van der Waals surface area (Å²) in [5, 5.41) is 4.09. The number of hydrogen-bond donors (Lipinski definition) is 2. The first-order valence-corrected chi connectivity index (χ1v) is 8.01. The molecule has 0 atom stereocenters. The fourth-order valence-corrected chi connectivity index (χ4v) is 2.82. The zero-order valence-corrected chi connectivity index (χ0v) is 14.4. The number of nitrogens with zero attached hydrogens (tertiary/aromatic N) is 2. The fraction of sp³-hybridized carbons (Fsp3) is 0.263. The van der Waals surface area contributed by atoms with Gasteiger partial charge >= 0.3 is 0 Å². The third-order valence-corrected chi connectivity index (χ3v) is 3.76. The van der Waals surface area contributed by atoms with Crippen LogP contribution >= 0.6 is 0 Å². The van der Waals surface area contributed by atoms with Gasteiger partial charge in [0.2, 0.25) is 0 Å². The molecule has 1 aromatic heterocycles. The maximum Gasteiger partial charge on any atom is 0.138 e. The molecule has 0 amide bonds. The van der Waals surface area contributed by atoms with Crippen molar-refractivity contribution < 1.29 is 4.74 Å². The van der Waals surface area contributed by atoms with Crippen LogP contribution in [0, 0.1) is 6.92 Å². The number of benzene rings is 2. The summed E-state index contributed by atoms with van der Waals surface area (Å²) >= 11 is 0. The summed E-state index contributed by atoms with van der Waals surface area (Å²) in [5.41, 5.74) is 9.81. The lowest BCUT2D eigenvalue weighted by atomic mass is 9.98. The largest absolute Gasteiger partial charge is 0.491 e. The Morgan fingerprint density at radius 2 is 1.75 bits per heavy atom. The Morgan fingerprint density at radius 3 is 2.38 bits per heavy atom. The van der Waals surface area contributed by atoms with E-state index < -0.39 is 0 Å². The number of rotatable bonds is 4. The van der Waals surface area contributed by atoms with E-state index in [0.717, 1.165) is 39.4 Å². The molecule has 0 aliphatic carbocycles. The number of ether oxygens (including phenoxy) is 1. The second kappa shape index (κ2) is 6.35. The van der Waals surface area contributed by atoms with Crippen LogP contribution < -0.4 is 15.8 Å². The molecule has 0 aliphatic heterocycles. The zero-order chi connectivity index (χ0) is 17.3. The van der Waals surface area contributed by atoms with Gasteiger partial charge in [0.1, 0.15) is 17.4 Å². The van der Waals surface area contributed by atoms with E-state index in [1.165, 1.54) is 0 Å². The van der Waals surface area contributed by atoms with Gasteiger partial charge in [0.25, 0.3) is 0 Å². The van der Waals surface area contributed by atoms with E-state index in [1.807, 2.05) is 64.2 Å². The molecule has 1 heterocycles. The minimum absolute atomic E-state index is 0.144. The molecule has 0 spiro atoms. The maximum absolute atomic E-state index is 6.28. The first kappa shape index (κ1) is 16.1. The van der Waals surface area contributed by atoms with Crippen molar-refractivity contribution in [1.29, 1.82) is 0 Å². The molecule has 5 nitrogen and oxygen atoms in total. The molecule has 24 heavy (non-hydrogen) atoms. The van der Waals surface area contributed by atoms with Gasteiger partial charge in [-0.2, -0.15) is 0 Å². The molecule has 0 aliphatic rings. The summed E-state index contributed by atoms with van der Waals surface area (Å²) in [4.78, 5) is 9.04. The Hall–Kier alpha value is -2.82. The van der Waals surface area contributed by atoms with Crippen molar-refractivity contribution in [2.45, 2.75) is 26.9 Å². The number of nitrogens with one attached hydrogen (secondary N) is 1. The van der Waals surface area contributed by atoms with Crippen LogP contribution in [0.3, 0.4) is 0 Å². The number of anilines is 2. The Morgan fingerprint density at radius 1 is 1.04 bits per heavy atom. The molecule has 0 saturated carbocycles. The number of fused-ring (bicyclic) bond motifs is 1. The molecule has 3 rings (SSSR count). The summed E-state index contributed by atoms with van der Waals surface area (Å²) < 4.78 is 5.72. The highest BCUT2D eigenvalue weighted by Gasteiger charge is 2.14. The number of nitrogens with two attached hydrogens (primary N) is 1. The van der Waals surface area contributed by atoms with E-state index in [1.54, 1.807) is 0 Å². The number of hydrogen-bond acceptors (Lipinski definition) is 5. The van der Waals surface area contributed by atoms with E-state index in [0.29, 0.717) is 5.69 Å². The van der Waals surface area contributed by atoms with Gasteiger partial charge in [-0.15, -0.1) is 0 Å². The molecule has 0 radical (unpaired) electrons. The topological polar surface area (TPSA) is 73.1 Å². The molecule has 0 fully saturated rings. The van der Waals surface area contributed by atoms with Crippen molar-refractivity contribution in [3.05, 3.63) is 42.2 Å². The molecule has 124 valence electrons. The molecule has 0 bridgehead atoms. The summed E-state index contributed by atoms with van der Waals surface area (Å²) in [6, 6.07) is 11.8. The third-order valence-electron chi connectivity index (χ3n) is 3.76. The van der Waals surface area contributed by atoms with Crippen LogP contribution in [-0.4, -0.2) is 23.1 Å². The van der Waals surface area contributed by atoms with Gasteiger partial charge in [0.15, 0.2) is 0 Å². The van der Waals surface area contributed by atoms with Gasteiger partial charge in [-0.05, 0) is 50.6 Å². The Balaban J connectivity index is 2.20. The predicted octanol–water partition coefficient (Wildman–Crippen LogP) is 4.02. The zero-order valence-electron chi connectivity index (χ0n) is 14.4. The summed E-state index contributed by atoms with van der Waals surface area (Å²) in [5.74, 6) is 2.35. The lowest BCUT2D eigenvalue weighted by Gasteiger charge is -2.15. The first-order valence-electron chi connectivity index (χ1n) is 8.01. The lowest BCUT2D eigenvalue weighted by molar-refractivity contribution is 0.242. The van der Waals surface area contributed by atoms with E-state index >= 15 is 0 Å². The minimum atomic E-state index is 0.144. The summed E-state index contributed by atoms with van der Waals surface area (Å²) in [6.45, 7) is 5.90. The van der Waals surface area contributed by atoms with E-state index in [9.17, 15) is 0 Å². The molecule has 3 N–H and O–H groups in total. The molecular weight excluding hydrogens is 300 g/mol.